The Bertz CT molecular complexity index is 1050. The van der Waals surface area contributed by atoms with Crippen LogP contribution in [0.1, 0.15) is 53.9 Å². The van der Waals surface area contributed by atoms with E-state index in [9.17, 15) is 19.5 Å². The molecule has 1 N–H and O–H groups in total. The molecule has 0 radical (unpaired) electrons. The van der Waals surface area contributed by atoms with Gasteiger partial charge in [-0.3, -0.25) is 19.3 Å². The summed E-state index contributed by atoms with van der Waals surface area (Å²) in [6, 6.07) is -1.50. The van der Waals surface area contributed by atoms with Crippen molar-refractivity contribution in [2.24, 2.45) is 23.7 Å². The van der Waals surface area contributed by atoms with Crippen LogP contribution in [0, 0.1) is 23.7 Å². The van der Waals surface area contributed by atoms with E-state index >= 15 is 0 Å². The molecular formula is C33H54N4O6. The van der Waals surface area contributed by atoms with Crippen molar-refractivity contribution in [3.05, 3.63) is 25.3 Å². The fourth-order valence-corrected chi connectivity index (χ4v) is 8.17. The van der Waals surface area contributed by atoms with Crippen LogP contribution in [0.5, 0.6) is 0 Å². The lowest BCUT2D eigenvalue weighted by molar-refractivity contribution is -0.158. The molecule has 10 nitrogen and oxygen atoms in total. The number of rotatable bonds is 15. The van der Waals surface area contributed by atoms with E-state index in [1.807, 2.05) is 27.7 Å². The van der Waals surface area contributed by atoms with Crippen molar-refractivity contribution in [3.8, 4) is 0 Å². The molecule has 2 bridgehead atoms. The number of likely N-dealkylation sites (tertiary alicyclic amines) is 1. The molecule has 0 aromatic carbocycles. The van der Waals surface area contributed by atoms with Crippen molar-refractivity contribution in [2.45, 2.75) is 77.2 Å². The van der Waals surface area contributed by atoms with Gasteiger partial charge in [-0.2, -0.15) is 0 Å². The van der Waals surface area contributed by atoms with Crippen molar-refractivity contribution in [2.75, 3.05) is 65.6 Å². The van der Waals surface area contributed by atoms with Gasteiger partial charge < -0.3 is 29.3 Å². The molecule has 242 valence electrons. The number of nitrogens with zero attached hydrogens (tertiary/aromatic N) is 4. The van der Waals surface area contributed by atoms with Gasteiger partial charge in [-0.05, 0) is 38.0 Å². The number of amides is 3. The van der Waals surface area contributed by atoms with E-state index in [1.54, 1.807) is 26.9 Å². The van der Waals surface area contributed by atoms with E-state index in [-0.39, 0.29) is 36.2 Å². The van der Waals surface area contributed by atoms with Crippen LogP contribution < -0.4 is 0 Å². The largest absolute Gasteiger partial charge is 0.394 e. The van der Waals surface area contributed by atoms with Crippen LogP contribution in [0.4, 0.5) is 0 Å². The normalized spacial score (nSPS) is 32.6. The summed E-state index contributed by atoms with van der Waals surface area (Å²) >= 11 is 0. The van der Waals surface area contributed by atoms with Crippen LogP contribution >= 0.6 is 0 Å². The molecule has 4 heterocycles. The highest BCUT2D eigenvalue weighted by Gasteiger charge is 2.80. The fourth-order valence-electron chi connectivity index (χ4n) is 8.17. The summed E-state index contributed by atoms with van der Waals surface area (Å²) in [5.74, 6) is -1.97. The number of aliphatic hydroxyl groups excluding tert-OH is 1. The first-order chi connectivity index (χ1) is 20.5. The smallest absolute Gasteiger partial charge is 0.248 e. The van der Waals surface area contributed by atoms with Gasteiger partial charge in [-0.15, -0.1) is 13.2 Å². The lowest BCUT2D eigenvalue weighted by Gasteiger charge is -2.40. The van der Waals surface area contributed by atoms with Crippen LogP contribution in [-0.2, 0) is 23.9 Å². The Balaban J connectivity index is 1.77. The van der Waals surface area contributed by atoms with Crippen molar-refractivity contribution in [3.63, 3.8) is 0 Å². The molecule has 3 amide bonds. The minimum atomic E-state index is -1.16. The summed E-state index contributed by atoms with van der Waals surface area (Å²) in [6.45, 7) is 23.0. The molecule has 7 atom stereocenters. The molecule has 1 spiro atoms. The predicted molar refractivity (Wildman–Crippen MR) is 165 cm³/mol. The first kappa shape index (κ1) is 33.6. The second-order valence-electron chi connectivity index (χ2n) is 13.5. The molecule has 4 aliphatic rings. The van der Waals surface area contributed by atoms with Gasteiger partial charge in [0.2, 0.25) is 17.7 Å². The molecule has 4 aliphatic heterocycles. The van der Waals surface area contributed by atoms with Gasteiger partial charge in [-0.25, -0.2) is 0 Å². The molecule has 4 rings (SSSR count). The van der Waals surface area contributed by atoms with Crippen LogP contribution in [0.2, 0.25) is 0 Å². The zero-order valence-corrected chi connectivity index (χ0v) is 27.0. The summed E-state index contributed by atoms with van der Waals surface area (Å²) in [6.07, 6.45) is 5.23. The Kier molecular flexibility index (Phi) is 10.8. The standard InChI is InChI=1S/C33H54N4O6/c1-8-11-35(12-9-2)29(39)26-27-30(40)37(25(22-38)20-23(4)5)28(33(27)21-24(6)32(26,7)43-33)31(41)36(13-10-3)15-14-34-16-18-42-19-17-34/h8,10,23-28,38H,1,3,9,11-22H2,2,4-7H3/t24?,25-,26-,27+,28?,32+,33?/m1/s1. The Labute approximate surface area is 258 Å². The fraction of sp³-hybridized carbons (Fsp3) is 0.788. The van der Waals surface area contributed by atoms with E-state index in [0.717, 1.165) is 19.5 Å². The topological polar surface area (TPSA) is 103 Å². The first-order valence-electron chi connectivity index (χ1n) is 16.2. The monoisotopic (exact) mass is 602 g/mol. The SMILES string of the molecule is C=CCN(CCN1CCOCC1)C(=O)C1N([C@@H](CO)CC(C)C)C(=O)[C@@H]2[C@H](C(=O)N(CC=C)CCC)[C@@]3(C)OC12CC3C. The van der Waals surface area contributed by atoms with E-state index in [1.165, 1.54) is 0 Å². The average molecular weight is 603 g/mol. The van der Waals surface area contributed by atoms with E-state index in [2.05, 4.69) is 25.0 Å². The number of carbonyl (C=O) groups is 3. The summed E-state index contributed by atoms with van der Waals surface area (Å²) in [5, 5.41) is 10.6. The van der Waals surface area contributed by atoms with Crippen molar-refractivity contribution >= 4 is 17.7 Å². The maximum atomic E-state index is 14.8. The summed E-state index contributed by atoms with van der Waals surface area (Å²) in [4.78, 5) is 51.2. The lowest BCUT2D eigenvalue weighted by atomic mass is 9.62. The molecule has 4 saturated heterocycles. The van der Waals surface area contributed by atoms with Gasteiger partial charge in [0, 0.05) is 45.8 Å². The van der Waals surface area contributed by atoms with Crippen molar-refractivity contribution < 1.29 is 29.0 Å². The molecule has 0 aromatic heterocycles. The molecule has 0 aromatic rings. The third-order valence-corrected chi connectivity index (χ3v) is 10.2. The molecule has 43 heavy (non-hydrogen) atoms. The third kappa shape index (κ3) is 6.04. The number of hydrogen-bond donors (Lipinski definition) is 1. The van der Waals surface area contributed by atoms with Gasteiger partial charge >= 0.3 is 0 Å². The van der Waals surface area contributed by atoms with Crippen molar-refractivity contribution in [1.82, 2.24) is 19.6 Å². The Morgan fingerprint density at radius 2 is 1.74 bits per heavy atom. The highest BCUT2D eigenvalue weighted by atomic mass is 16.5. The molecule has 3 unspecified atom stereocenters. The van der Waals surface area contributed by atoms with E-state index < -0.39 is 35.1 Å². The van der Waals surface area contributed by atoms with Crippen LogP contribution in [0.25, 0.3) is 0 Å². The van der Waals surface area contributed by atoms with Gasteiger partial charge in [-0.1, -0.05) is 39.8 Å². The van der Waals surface area contributed by atoms with E-state index in [4.69, 9.17) is 9.47 Å². The zero-order chi connectivity index (χ0) is 31.5. The lowest BCUT2D eigenvalue weighted by Crippen LogP contribution is -2.59. The maximum Gasteiger partial charge on any atom is 0.248 e. The highest BCUT2D eigenvalue weighted by molar-refractivity contribution is 5.99. The minimum absolute atomic E-state index is 0.0492. The summed E-state index contributed by atoms with van der Waals surface area (Å²) in [7, 11) is 0. The maximum absolute atomic E-state index is 14.8. The predicted octanol–water partition coefficient (Wildman–Crippen LogP) is 2.18. The quantitative estimate of drug-likeness (QED) is 0.287. The second kappa shape index (κ2) is 13.8. The van der Waals surface area contributed by atoms with Crippen LogP contribution in [0.15, 0.2) is 25.3 Å². The molecule has 4 fully saturated rings. The van der Waals surface area contributed by atoms with Gasteiger partial charge in [0.25, 0.3) is 0 Å². The van der Waals surface area contributed by atoms with Gasteiger partial charge in [0.15, 0.2) is 0 Å². The number of carbonyl (C=O) groups excluding carboxylic acids is 3. The highest BCUT2D eigenvalue weighted by Crippen LogP contribution is 2.66. The second-order valence-corrected chi connectivity index (χ2v) is 13.5. The summed E-state index contributed by atoms with van der Waals surface area (Å²) in [5.41, 5.74) is -2.05. The number of hydrogen-bond acceptors (Lipinski definition) is 7. The molecule has 0 aliphatic carbocycles. The van der Waals surface area contributed by atoms with E-state index in [0.29, 0.717) is 58.8 Å². The Morgan fingerprint density at radius 3 is 2.30 bits per heavy atom. The van der Waals surface area contributed by atoms with Crippen LogP contribution in [0.3, 0.4) is 0 Å². The van der Waals surface area contributed by atoms with Crippen molar-refractivity contribution in [1.29, 1.82) is 0 Å². The molecular weight excluding hydrogens is 548 g/mol. The Hall–Kier alpha value is -2.27. The average Bonchev–Trinajstić information content (AvgIpc) is 3.50. The van der Waals surface area contributed by atoms with Gasteiger partial charge in [0.05, 0.1) is 43.3 Å². The number of ether oxygens (including phenoxy) is 2. The number of morpholine rings is 1. The Morgan fingerprint density at radius 1 is 1.12 bits per heavy atom. The number of fused-ring (bicyclic) bond motifs is 1. The van der Waals surface area contributed by atoms with Gasteiger partial charge in [0.1, 0.15) is 11.6 Å². The zero-order valence-electron chi connectivity index (χ0n) is 27.0. The first-order valence-corrected chi connectivity index (χ1v) is 16.2. The third-order valence-electron chi connectivity index (χ3n) is 10.2. The molecule has 0 saturated carbocycles. The van der Waals surface area contributed by atoms with Crippen LogP contribution in [-0.4, -0.2) is 131 Å². The number of aliphatic hydroxyl groups is 1. The molecule has 10 heteroatoms. The minimum Gasteiger partial charge on any atom is -0.394 e. The summed E-state index contributed by atoms with van der Waals surface area (Å²) < 4.78 is 12.5.